The molecule has 0 saturated heterocycles. The highest BCUT2D eigenvalue weighted by atomic mass is 19.3. The summed E-state index contributed by atoms with van der Waals surface area (Å²) >= 11 is 0. The number of Topliss-reactive ketones (excluding diaryl/α,β-unsaturated/α-hetero) is 1. The summed E-state index contributed by atoms with van der Waals surface area (Å²) in [5.41, 5.74) is 3.91. The lowest BCUT2D eigenvalue weighted by atomic mass is 9.89. The first kappa shape index (κ1) is 28.1. The van der Waals surface area contributed by atoms with Crippen LogP contribution in [0.15, 0.2) is 84.6 Å². The van der Waals surface area contributed by atoms with Gasteiger partial charge >= 0.3 is 0 Å². The van der Waals surface area contributed by atoms with Crippen LogP contribution in [0.25, 0.3) is 10.9 Å². The molecule has 0 bridgehead atoms. The van der Waals surface area contributed by atoms with Crippen LogP contribution in [0.4, 0.5) is 18.9 Å². The van der Waals surface area contributed by atoms with Gasteiger partial charge in [-0.3, -0.25) is 4.79 Å². The normalized spacial score (nSPS) is 17.9. The lowest BCUT2D eigenvalue weighted by molar-refractivity contribution is 0.0825. The number of ether oxygens (including phenoxy) is 2. The Morgan fingerprint density at radius 1 is 1.10 bits per heavy atom. The molecule has 208 valence electrons. The number of halogens is 3. The number of para-hydroxylation sites is 1. The number of H-pyrrole nitrogens is 1. The molecule has 0 aliphatic carbocycles. The highest BCUT2D eigenvalue weighted by Gasteiger charge is 2.27. The van der Waals surface area contributed by atoms with E-state index in [4.69, 9.17) is 17.3 Å². The largest absolute Gasteiger partial charge is 0.488 e. The van der Waals surface area contributed by atoms with Crippen molar-refractivity contribution in [3.05, 3.63) is 102 Å². The van der Waals surface area contributed by atoms with Crippen LogP contribution in [-0.2, 0) is 0 Å². The van der Waals surface area contributed by atoms with Gasteiger partial charge in [0.15, 0.2) is 11.6 Å². The highest BCUT2D eigenvalue weighted by molar-refractivity contribution is 6.35. The number of hydrogen-bond acceptors (Lipinski definition) is 4. The Bertz CT molecular complexity index is 1660. The average molecular weight is 556 g/mol. The first-order valence-corrected chi connectivity index (χ1v) is 13.2. The summed E-state index contributed by atoms with van der Waals surface area (Å²) in [6, 6.07) is 16.4. The number of aromatic amines is 1. The second kappa shape index (κ2) is 11.6. The standard InChI is InChI=1S/C32H28BF3N2O3/c1-4-21(32(39)27-12-19-13-29(40-16-30(35)36)23(33)15-25(19)37-27)31-18(3)11-17(2)22-10-9-20(14-26(22)38-31)41-28-8-6-5-7-24(28)34/h4-10,12-15,17-18,30,37-38H,1,11,16H2,2-3H3/b31-21-. The molecule has 1 aliphatic heterocycles. The van der Waals surface area contributed by atoms with Crippen molar-refractivity contribution >= 4 is 35.7 Å². The molecule has 2 unspecified atom stereocenters. The van der Waals surface area contributed by atoms with Gasteiger partial charge in [0.05, 0.1) is 5.69 Å². The number of carbonyl (C=O) groups excluding carboxylic acids is 1. The van der Waals surface area contributed by atoms with Crippen LogP contribution in [0.5, 0.6) is 17.2 Å². The molecule has 0 amide bonds. The third-order valence-electron chi connectivity index (χ3n) is 7.19. The minimum Gasteiger partial charge on any atom is -0.488 e. The Kier molecular flexibility index (Phi) is 7.97. The van der Waals surface area contributed by atoms with Gasteiger partial charge in [-0.25, -0.2) is 13.2 Å². The fourth-order valence-corrected chi connectivity index (χ4v) is 5.21. The van der Waals surface area contributed by atoms with Gasteiger partial charge in [0.25, 0.3) is 6.43 Å². The molecule has 0 spiro atoms. The smallest absolute Gasteiger partial charge is 0.272 e. The molecule has 5 nitrogen and oxygen atoms in total. The monoisotopic (exact) mass is 556 g/mol. The second-order valence-corrected chi connectivity index (χ2v) is 10.2. The van der Waals surface area contributed by atoms with E-state index in [0.29, 0.717) is 27.9 Å². The van der Waals surface area contributed by atoms with Crippen LogP contribution >= 0.6 is 0 Å². The van der Waals surface area contributed by atoms with E-state index in [9.17, 15) is 18.0 Å². The molecule has 0 saturated carbocycles. The zero-order valence-electron chi connectivity index (χ0n) is 22.6. The Hall–Kier alpha value is -4.40. The van der Waals surface area contributed by atoms with Crippen molar-refractivity contribution < 1.29 is 27.4 Å². The lowest BCUT2D eigenvalue weighted by Gasteiger charge is -2.18. The van der Waals surface area contributed by atoms with Crippen molar-refractivity contribution in [1.82, 2.24) is 4.98 Å². The number of anilines is 1. The first-order chi connectivity index (χ1) is 19.6. The number of hydrogen-bond donors (Lipinski definition) is 2. The fourth-order valence-electron chi connectivity index (χ4n) is 5.21. The number of carbonyl (C=O) groups is 1. The van der Waals surface area contributed by atoms with E-state index in [1.54, 1.807) is 42.5 Å². The van der Waals surface area contributed by atoms with Crippen molar-refractivity contribution in [2.75, 3.05) is 11.9 Å². The van der Waals surface area contributed by atoms with Gasteiger partial charge in [-0.15, -0.1) is 0 Å². The maximum absolute atomic E-state index is 14.2. The van der Waals surface area contributed by atoms with Gasteiger partial charge in [-0.05, 0) is 60.2 Å². The third-order valence-corrected chi connectivity index (χ3v) is 7.19. The van der Waals surface area contributed by atoms with Gasteiger partial charge in [0.2, 0.25) is 5.78 Å². The minimum atomic E-state index is -2.64. The third kappa shape index (κ3) is 5.89. The van der Waals surface area contributed by atoms with E-state index in [0.717, 1.165) is 17.7 Å². The average Bonchev–Trinajstić information content (AvgIpc) is 3.30. The maximum atomic E-state index is 14.2. The number of nitrogens with one attached hydrogen (secondary N) is 2. The molecular formula is C32H28BF3N2O3. The first-order valence-electron chi connectivity index (χ1n) is 13.2. The lowest BCUT2D eigenvalue weighted by Crippen LogP contribution is -2.15. The summed E-state index contributed by atoms with van der Waals surface area (Å²) in [7, 11) is 5.98. The molecule has 2 radical (unpaired) electrons. The Morgan fingerprint density at radius 3 is 2.61 bits per heavy atom. The molecule has 1 aliphatic rings. The van der Waals surface area contributed by atoms with Crippen LogP contribution in [0.1, 0.15) is 42.2 Å². The van der Waals surface area contributed by atoms with E-state index >= 15 is 0 Å². The van der Waals surface area contributed by atoms with Crippen molar-refractivity contribution in [3.63, 3.8) is 0 Å². The van der Waals surface area contributed by atoms with E-state index < -0.39 is 18.8 Å². The Morgan fingerprint density at radius 2 is 1.88 bits per heavy atom. The summed E-state index contributed by atoms with van der Waals surface area (Å²) in [4.78, 5) is 16.9. The number of rotatable bonds is 8. The summed E-state index contributed by atoms with van der Waals surface area (Å²) in [5.74, 6) is 0.0565. The fraction of sp³-hybridized carbons (Fsp3) is 0.219. The van der Waals surface area contributed by atoms with Crippen LogP contribution in [0.3, 0.4) is 0 Å². The van der Waals surface area contributed by atoms with Gasteiger partial charge in [0.1, 0.15) is 26.0 Å². The van der Waals surface area contributed by atoms with Crippen LogP contribution in [0.2, 0.25) is 0 Å². The molecule has 1 aromatic heterocycles. The topological polar surface area (TPSA) is 63.4 Å². The van der Waals surface area contributed by atoms with E-state index in [2.05, 4.69) is 23.8 Å². The molecular weight excluding hydrogens is 528 g/mol. The summed E-state index contributed by atoms with van der Waals surface area (Å²) in [6.07, 6.45) is -0.353. The summed E-state index contributed by atoms with van der Waals surface area (Å²) in [5, 5.41) is 4.04. The molecule has 41 heavy (non-hydrogen) atoms. The van der Waals surface area contributed by atoms with E-state index in [1.165, 1.54) is 18.2 Å². The molecule has 5 rings (SSSR count). The maximum Gasteiger partial charge on any atom is 0.272 e. The highest BCUT2D eigenvalue weighted by Crippen LogP contribution is 2.41. The minimum absolute atomic E-state index is 0.0281. The second-order valence-electron chi connectivity index (χ2n) is 10.2. The Balaban J connectivity index is 1.49. The van der Waals surface area contributed by atoms with Gasteiger partial charge < -0.3 is 19.8 Å². The van der Waals surface area contributed by atoms with Crippen molar-refractivity contribution in [1.29, 1.82) is 0 Å². The predicted octanol–water partition coefficient (Wildman–Crippen LogP) is 7.42. The SMILES string of the molecule is [B]c1cc2[nH]c(C(=O)/C(C=C)=C3\Nc4cc(Oc5ccccc5F)ccc4C(C)CC3C)cc2cc1OCC(F)F. The molecule has 2 heterocycles. The molecule has 3 aromatic carbocycles. The van der Waals surface area contributed by atoms with E-state index in [1.807, 2.05) is 13.0 Å². The van der Waals surface area contributed by atoms with Crippen LogP contribution in [-0.4, -0.2) is 31.6 Å². The number of benzene rings is 3. The van der Waals surface area contributed by atoms with Gasteiger partial charge in [0, 0.05) is 33.9 Å². The number of fused-ring (bicyclic) bond motifs is 2. The van der Waals surface area contributed by atoms with Gasteiger partial charge in [-0.2, -0.15) is 0 Å². The van der Waals surface area contributed by atoms with Crippen LogP contribution in [0, 0.1) is 11.7 Å². The van der Waals surface area contributed by atoms with Gasteiger partial charge in [-0.1, -0.05) is 50.2 Å². The molecule has 2 N–H and O–H groups in total. The van der Waals surface area contributed by atoms with Crippen molar-refractivity contribution in [3.8, 4) is 17.2 Å². The molecule has 0 fully saturated rings. The molecule has 2 atom stereocenters. The quantitative estimate of drug-likeness (QED) is 0.135. The summed E-state index contributed by atoms with van der Waals surface area (Å²) < 4.78 is 50.4. The molecule has 4 aromatic rings. The predicted molar refractivity (Wildman–Crippen MR) is 155 cm³/mol. The molecule has 9 heteroatoms. The zero-order valence-corrected chi connectivity index (χ0v) is 22.6. The van der Waals surface area contributed by atoms with Crippen molar-refractivity contribution in [2.45, 2.75) is 32.6 Å². The number of alkyl halides is 2. The van der Waals surface area contributed by atoms with E-state index in [-0.39, 0.29) is 40.3 Å². The Labute approximate surface area is 237 Å². The number of allylic oxidation sites excluding steroid dienone is 3. The zero-order chi connectivity index (χ0) is 29.3. The van der Waals surface area contributed by atoms with Crippen molar-refractivity contribution in [2.24, 2.45) is 5.92 Å². The summed E-state index contributed by atoms with van der Waals surface area (Å²) in [6.45, 7) is 7.29. The number of aromatic nitrogens is 1. The number of ketones is 1. The van der Waals surface area contributed by atoms with Crippen LogP contribution < -0.4 is 20.3 Å².